The van der Waals surface area contributed by atoms with Gasteiger partial charge in [0.2, 0.25) is 0 Å². The third kappa shape index (κ3) is 6.97. The van der Waals surface area contributed by atoms with Gasteiger partial charge in [0.15, 0.2) is 0 Å². The van der Waals surface area contributed by atoms with Crippen molar-refractivity contribution in [2.75, 3.05) is 0 Å². The Morgan fingerprint density at radius 2 is 1.57 bits per heavy atom. The number of rotatable bonds is 9. The quantitative estimate of drug-likeness (QED) is 0.374. The number of benzene rings is 1. The normalized spacial score (nSPS) is 27.2. The maximum Gasteiger partial charge on any atom is 0.141 e. The summed E-state index contributed by atoms with van der Waals surface area (Å²) < 4.78 is 13.7. The van der Waals surface area contributed by atoms with Crippen LogP contribution in [0.15, 0.2) is 24.3 Å². The number of unbranched alkanes of at least 4 members (excludes halogenated alkanes) is 2. The fraction of sp³-hybridized carbons (Fsp3) is 0.679. The lowest BCUT2D eigenvalue weighted by atomic mass is 9.68. The highest BCUT2D eigenvalue weighted by Crippen LogP contribution is 2.43. The second-order valence-corrected chi connectivity index (χ2v) is 9.89. The van der Waals surface area contributed by atoms with E-state index in [0.717, 1.165) is 35.7 Å². The Kier molecular flexibility index (Phi) is 9.44. The molecule has 0 aliphatic heterocycles. The van der Waals surface area contributed by atoms with Crippen LogP contribution < -0.4 is 0 Å². The standard InChI is InChI=1S/C28H40FN/c1-2-3-4-7-22-10-15-25(16-11-22)26-17-12-23(13-18-26)8-5-6-9-24-14-19-27(21-30)28(29)20-24/h6,9,14,19-20,22-23,25-26H,2-5,7-8,10-13,15-18H2,1H3/b9-6-. The number of nitriles is 1. The Labute approximate surface area is 183 Å². The number of hydrogen-bond acceptors (Lipinski definition) is 1. The summed E-state index contributed by atoms with van der Waals surface area (Å²) >= 11 is 0. The molecular weight excluding hydrogens is 369 g/mol. The molecule has 0 radical (unpaired) electrons. The minimum absolute atomic E-state index is 0.119. The summed E-state index contributed by atoms with van der Waals surface area (Å²) in [4.78, 5) is 0. The highest BCUT2D eigenvalue weighted by molar-refractivity contribution is 5.51. The van der Waals surface area contributed by atoms with E-state index >= 15 is 0 Å². The molecule has 0 N–H and O–H groups in total. The Bertz CT molecular complexity index is 700. The molecule has 1 nitrogen and oxygen atoms in total. The Balaban J connectivity index is 1.31. The van der Waals surface area contributed by atoms with Gasteiger partial charge in [0.1, 0.15) is 11.9 Å². The van der Waals surface area contributed by atoms with Gasteiger partial charge in [-0.25, -0.2) is 4.39 Å². The topological polar surface area (TPSA) is 23.8 Å². The zero-order chi connectivity index (χ0) is 21.2. The van der Waals surface area contributed by atoms with Crippen molar-refractivity contribution in [1.29, 1.82) is 5.26 Å². The third-order valence-electron chi connectivity index (χ3n) is 7.83. The predicted molar refractivity (Wildman–Crippen MR) is 124 cm³/mol. The van der Waals surface area contributed by atoms with E-state index in [2.05, 4.69) is 13.0 Å². The first-order chi connectivity index (χ1) is 14.7. The predicted octanol–water partition coefficient (Wildman–Crippen LogP) is 8.68. The molecule has 2 aliphatic carbocycles. The first-order valence-electron chi connectivity index (χ1n) is 12.6. The first-order valence-corrected chi connectivity index (χ1v) is 12.6. The molecule has 2 fully saturated rings. The zero-order valence-corrected chi connectivity index (χ0v) is 18.9. The molecule has 30 heavy (non-hydrogen) atoms. The van der Waals surface area contributed by atoms with Crippen molar-refractivity contribution in [3.8, 4) is 6.07 Å². The molecule has 0 atom stereocenters. The van der Waals surface area contributed by atoms with E-state index in [1.165, 1.54) is 89.5 Å². The number of allylic oxidation sites excluding steroid dienone is 1. The second-order valence-electron chi connectivity index (χ2n) is 9.89. The fourth-order valence-corrected chi connectivity index (χ4v) is 5.86. The lowest BCUT2D eigenvalue weighted by Crippen LogP contribution is -2.25. The van der Waals surface area contributed by atoms with Gasteiger partial charge < -0.3 is 0 Å². The molecule has 164 valence electrons. The third-order valence-corrected chi connectivity index (χ3v) is 7.83. The summed E-state index contributed by atoms with van der Waals surface area (Å²) in [6, 6.07) is 6.72. The van der Waals surface area contributed by atoms with Crippen molar-refractivity contribution in [1.82, 2.24) is 0 Å². The van der Waals surface area contributed by atoms with Crippen LogP contribution in [0.4, 0.5) is 4.39 Å². The van der Waals surface area contributed by atoms with Crippen LogP contribution in [0.1, 0.15) is 108 Å². The maximum atomic E-state index is 13.7. The molecule has 1 aromatic carbocycles. The molecule has 0 spiro atoms. The van der Waals surface area contributed by atoms with Gasteiger partial charge in [-0.1, -0.05) is 76.5 Å². The van der Waals surface area contributed by atoms with Crippen LogP contribution in [0.25, 0.3) is 6.08 Å². The smallest absolute Gasteiger partial charge is 0.141 e. The molecule has 0 aromatic heterocycles. The second kappa shape index (κ2) is 12.3. The largest absolute Gasteiger partial charge is 0.206 e. The highest BCUT2D eigenvalue weighted by Gasteiger charge is 2.30. The van der Waals surface area contributed by atoms with E-state index in [1.54, 1.807) is 6.07 Å². The molecule has 0 unspecified atom stereocenters. The molecule has 3 rings (SSSR count). The average Bonchev–Trinajstić information content (AvgIpc) is 2.78. The molecule has 0 bridgehead atoms. The molecule has 0 saturated heterocycles. The summed E-state index contributed by atoms with van der Waals surface area (Å²) in [5, 5.41) is 8.81. The van der Waals surface area contributed by atoms with Gasteiger partial charge in [-0.15, -0.1) is 0 Å². The van der Waals surface area contributed by atoms with Crippen molar-refractivity contribution in [2.45, 2.75) is 96.8 Å². The number of hydrogen-bond donors (Lipinski definition) is 0. The monoisotopic (exact) mass is 409 g/mol. The van der Waals surface area contributed by atoms with Gasteiger partial charge in [0.25, 0.3) is 0 Å². The van der Waals surface area contributed by atoms with Gasteiger partial charge in [-0.2, -0.15) is 5.26 Å². The zero-order valence-electron chi connectivity index (χ0n) is 18.9. The van der Waals surface area contributed by atoms with Crippen molar-refractivity contribution in [3.05, 3.63) is 41.2 Å². The minimum atomic E-state index is -0.423. The molecule has 0 heterocycles. The lowest BCUT2D eigenvalue weighted by Gasteiger charge is -2.38. The van der Waals surface area contributed by atoms with Crippen molar-refractivity contribution in [3.63, 3.8) is 0 Å². The van der Waals surface area contributed by atoms with Gasteiger partial charge >= 0.3 is 0 Å². The van der Waals surface area contributed by atoms with E-state index < -0.39 is 5.82 Å². The minimum Gasteiger partial charge on any atom is -0.206 e. The summed E-state index contributed by atoms with van der Waals surface area (Å²) in [6.07, 6.45) is 23.9. The molecule has 0 amide bonds. The van der Waals surface area contributed by atoms with Gasteiger partial charge in [0.05, 0.1) is 5.56 Å². The van der Waals surface area contributed by atoms with Crippen LogP contribution in [-0.2, 0) is 0 Å². The number of nitrogens with zero attached hydrogens (tertiary/aromatic N) is 1. The molecule has 2 heteroatoms. The van der Waals surface area contributed by atoms with Crippen LogP contribution in [0.2, 0.25) is 0 Å². The van der Waals surface area contributed by atoms with E-state index in [4.69, 9.17) is 5.26 Å². The van der Waals surface area contributed by atoms with Crippen molar-refractivity contribution < 1.29 is 4.39 Å². The lowest BCUT2D eigenvalue weighted by molar-refractivity contribution is 0.140. The average molecular weight is 410 g/mol. The van der Waals surface area contributed by atoms with E-state index in [0.29, 0.717) is 0 Å². The summed E-state index contributed by atoms with van der Waals surface area (Å²) in [5.41, 5.74) is 0.967. The summed E-state index contributed by atoms with van der Waals surface area (Å²) in [5.74, 6) is 3.48. The van der Waals surface area contributed by atoms with Crippen molar-refractivity contribution >= 4 is 6.08 Å². The molecule has 2 saturated carbocycles. The Hall–Kier alpha value is -1.62. The summed E-state index contributed by atoms with van der Waals surface area (Å²) in [6.45, 7) is 2.31. The van der Waals surface area contributed by atoms with Crippen LogP contribution in [0.5, 0.6) is 0 Å². The van der Waals surface area contributed by atoms with Crippen LogP contribution in [0, 0.1) is 40.8 Å². The number of halogens is 1. The Morgan fingerprint density at radius 1 is 0.933 bits per heavy atom. The van der Waals surface area contributed by atoms with Crippen LogP contribution in [-0.4, -0.2) is 0 Å². The van der Waals surface area contributed by atoms with Gasteiger partial charge in [0, 0.05) is 0 Å². The van der Waals surface area contributed by atoms with E-state index in [-0.39, 0.29) is 5.56 Å². The first kappa shape index (κ1) is 23.1. The highest BCUT2D eigenvalue weighted by atomic mass is 19.1. The fourth-order valence-electron chi connectivity index (χ4n) is 5.86. The van der Waals surface area contributed by atoms with Gasteiger partial charge in [-0.05, 0) is 79.9 Å². The Morgan fingerprint density at radius 3 is 2.13 bits per heavy atom. The van der Waals surface area contributed by atoms with Crippen LogP contribution in [0.3, 0.4) is 0 Å². The maximum absolute atomic E-state index is 13.7. The van der Waals surface area contributed by atoms with Gasteiger partial charge in [-0.3, -0.25) is 0 Å². The molecule has 1 aromatic rings. The van der Waals surface area contributed by atoms with E-state index in [9.17, 15) is 4.39 Å². The SMILES string of the molecule is CCCCCC1CCC(C2CCC(CC/C=C\c3ccc(C#N)c(F)c3)CC2)CC1. The molecule has 2 aliphatic rings. The molecular formula is C28H40FN. The van der Waals surface area contributed by atoms with Crippen LogP contribution >= 0.6 is 0 Å². The van der Waals surface area contributed by atoms with E-state index in [1.807, 2.05) is 18.2 Å². The van der Waals surface area contributed by atoms with Crippen molar-refractivity contribution in [2.24, 2.45) is 23.7 Å². The summed E-state index contributed by atoms with van der Waals surface area (Å²) in [7, 11) is 0.